The normalized spacial score (nSPS) is 45.7. The summed E-state index contributed by atoms with van der Waals surface area (Å²) in [6.07, 6.45) is 7.15. The van der Waals surface area contributed by atoms with Crippen molar-refractivity contribution in [2.45, 2.75) is 129 Å². The maximum atomic E-state index is 7.21. The Bertz CT molecular complexity index is 889. The van der Waals surface area contributed by atoms with Gasteiger partial charge in [-0.2, -0.15) is 0 Å². The van der Waals surface area contributed by atoms with Crippen molar-refractivity contribution in [2.75, 3.05) is 0 Å². The lowest BCUT2D eigenvalue weighted by Crippen LogP contribution is -2.69. The zero-order valence-corrected chi connectivity index (χ0v) is 24.1. The largest absolute Gasteiger partial charge is 0.326 e. The Kier molecular flexibility index (Phi) is 6.91. The zero-order valence-electron chi connectivity index (χ0n) is 24.1. The Labute approximate surface area is 220 Å². The van der Waals surface area contributed by atoms with E-state index in [9.17, 15) is 0 Å². The van der Waals surface area contributed by atoms with E-state index in [1.165, 1.54) is 18.4 Å². The van der Waals surface area contributed by atoms with Crippen LogP contribution in [-0.4, -0.2) is 35.4 Å². The van der Waals surface area contributed by atoms with E-state index in [1.54, 1.807) is 5.57 Å². The first-order valence-corrected chi connectivity index (χ1v) is 14.4. The van der Waals surface area contributed by atoms with E-state index in [2.05, 4.69) is 34.6 Å². The summed E-state index contributed by atoms with van der Waals surface area (Å²) in [5, 5.41) is 0. The molecule has 7 heteroatoms. The Balaban J connectivity index is 1.67. The monoisotopic (exact) mass is 503 g/mol. The first-order chi connectivity index (χ1) is 16.3. The van der Waals surface area contributed by atoms with Gasteiger partial charge in [-0.05, 0) is 104 Å². The third-order valence-corrected chi connectivity index (χ3v) is 12.4. The molecule has 0 aromatic heterocycles. The Morgan fingerprint density at radius 2 is 1.53 bits per heavy atom. The van der Waals surface area contributed by atoms with E-state index in [4.69, 9.17) is 40.1 Å². The fourth-order valence-corrected chi connectivity index (χ4v) is 9.82. The van der Waals surface area contributed by atoms with Gasteiger partial charge in [-0.15, -0.1) is 0 Å². The van der Waals surface area contributed by atoms with Crippen molar-refractivity contribution in [2.24, 2.45) is 80.1 Å². The first-order valence-electron chi connectivity index (χ1n) is 14.4. The molecule has 0 aromatic rings. The molecule has 2 fully saturated rings. The average Bonchev–Trinajstić information content (AvgIpc) is 3.11. The predicted octanol–water partition coefficient (Wildman–Crippen LogP) is 2.25. The second-order valence-corrected chi connectivity index (χ2v) is 15.1. The summed E-state index contributed by atoms with van der Waals surface area (Å²) >= 11 is 0. The van der Waals surface area contributed by atoms with E-state index in [1.807, 2.05) is 13.8 Å². The van der Waals surface area contributed by atoms with Crippen LogP contribution in [0.3, 0.4) is 0 Å². The number of allylic oxidation sites excluding steroid dienone is 1. The maximum absolute atomic E-state index is 7.21. The van der Waals surface area contributed by atoms with E-state index in [-0.39, 0.29) is 40.4 Å². The Hall–Kier alpha value is -0.540. The van der Waals surface area contributed by atoms with Crippen LogP contribution in [0.5, 0.6) is 0 Å². The minimum atomic E-state index is -0.901. The van der Waals surface area contributed by atoms with E-state index in [0.29, 0.717) is 30.1 Å². The number of nitrogens with two attached hydrogens (primary N) is 7. The van der Waals surface area contributed by atoms with Gasteiger partial charge in [0.2, 0.25) is 0 Å². The molecule has 4 rings (SSSR count). The quantitative estimate of drug-likeness (QED) is 0.222. The van der Waals surface area contributed by atoms with Crippen LogP contribution in [-0.2, 0) is 0 Å². The fraction of sp³-hybridized carbons (Fsp3) is 0.931. The highest BCUT2D eigenvalue weighted by Gasteiger charge is 2.64. The summed E-state index contributed by atoms with van der Waals surface area (Å²) in [7, 11) is 0. The van der Waals surface area contributed by atoms with Gasteiger partial charge in [0.05, 0.1) is 5.66 Å². The lowest BCUT2D eigenvalue weighted by molar-refractivity contribution is -0.0335. The topological polar surface area (TPSA) is 182 Å². The molecule has 0 spiro atoms. The van der Waals surface area contributed by atoms with Gasteiger partial charge in [0.15, 0.2) is 0 Å². The van der Waals surface area contributed by atoms with Crippen molar-refractivity contribution in [1.29, 1.82) is 0 Å². The van der Waals surface area contributed by atoms with Crippen LogP contribution in [0.25, 0.3) is 0 Å². The van der Waals surface area contributed by atoms with Gasteiger partial charge >= 0.3 is 0 Å². The molecule has 0 amide bonds. The molecule has 0 saturated heterocycles. The predicted molar refractivity (Wildman–Crippen MR) is 150 cm³/mol. The molecule has 7 nitrogen and oxygen atoms in total. The third-order valence-electron chi connectivity index (χ3n) is 12.4. The summed E-state index contributed by atoms with van der Waals surface area (Å²) in [6, 6.07) is -0.261. The zero-order chi connectivity index (χ0) is 27.2. The highest BCUT2D eigenvalue weighted by atomic mass is 15.0. The number of hydrogen-bond acceptors (Lipinski definition) is 7. The van der Waals surface area contributed by atoms with Crippen LogP contribution in [0.4, 0.5) is 0 Å². The van der Waals surface area contributed by atoms with Crippen LogP contribution < -0.4 is 40.1 Å². The number of rotatable bonds is 5. The van der Waals surface area contributed by atoms with Crippen molar-refractivity contribution in [3.63, 3.8) is 0 Å². The van der Waals surface area contributed by atoms with Gasteiger partial charge in [0.25, 0.3) is 0 Å². The van der Waals surface area contributed by atoms with Crippen LogP contribution in [0.15, 0.2) is 11.1 Å². The molecule has 0 radical (unpaired) electrons. The lowest BCUT2D eigenvalue weighted by Gasteiger charge is -2.63. The summed E-state index contributed by atoms with van der Waals surface area (Å²) in [6.45, 7) is 15.6. The molecular weight excluding hydrogens is 446 g/mol. The summed E-state index contributed by atoms with van der Waals surface area (Å²) in [5.74, 6) is 1.88. The standard InChI is InChI=1S/C29H57N7/c1-15(12-13-29(35,36)26(4,5)34)17-9-10-18-16-8-11-20-25(2,3)23(32)19(30)14-27(20,6)21(16)22(31)24(33)28(17,18)7/h15,17-20,22-24H,8-14,30-36H2,1-7H3/t15?,17-,18?,19?,20?,22?,23?,24?,27?,28?/m1/s1. The van der Waals surface area contributed by atoms with Gasteiger partial charge in [0.1, 0.15) is 0 Å². The molecule has 0 aromatic carbocycles. The molecule has 9 unspecified atom stereocenters. The number of fused-ring (bicyclic) bond motifs is 4. The maximum Gasteiger partial charge on any atom is 0.0816 e. The highest BCUT2D eigenvalue weighted by Crippen LogP contribution is 2.67. The van der Waals surface area contributed by atoms with Gasteiger partial charge < -0.3 is 40.1 Å². The summed E-state index contributed by atoms with van der Waals surface area (Å²) in [5.41, 5.74) is 48.3. The minimum absolute atomic E-state index is 0.00361. The second-order valence-electron chi connectivity index (χ2n) is 15.1. The van der Waals surface area contributed by atoms with E-state index >= 15 is 0 Å². The van der Waals surface area contributed by atoms with Crippen molar-refractivity contribution >= 4 is 0 Å². The minimum Gasteiger partial charge on any atom is -0.326 e. The summed E-state index contributed by atoms with van der Waals surface area (Å²) < 4.78 is 0. The molecule has 4 aliphatic carbocycles. The smallest absolute Gasteiger partial charge is 0.0816 e. The average molecular weight is 504 g/mol. The van der Waals surface area contributed by atoms with Crippen LogP contribution >= 0.6 is 0 Å². The molecule has 0 bridgehead atoms. The molecule has 208 valence electrons. The van der Waals surface area contributed by atoms with Crippen molar-refractivity contribution in [3.05, 3.63) is 11.1 Å². The van der Waals surface area contributed by atoms with Crippen LogP contribution in [0.1, 0.15) is 93.4 Å². The SMILES string of the molecule is CC(CCC(N)(N)C(C)(C)N)[C@H]1CCC2C3=C(C(N)C(N)C21C)C1(C)CC(N)C(N)C(C)(C)C1CC3. The van der Waals surface area contributed by atoms with E-state index < -0.39 is 11.2 Å². The van der Waals surface area contributed by atoms with E-state index in [0.717, 1.165) is 25.7 Å². The second kappa shape index (κ2) is 8.73. The molecule has 4 aliphatic rings. The third kappa shape index (κ3) is 3.87. The first kappa shape index (κ1) is 28.5. The molecule has 2 saturated carbocycles. The number of hydrogen-bond donors (Lipinski definition) is 7. The lowest BCUT2D eigenvalue weighted by atomic mass is 9.43. The Morgan fingerprint density at radius 3 is 2.11 bits per heavy atom. The van der Waals surface area contributed by atoms with Crippen molar-refractivity contribution in [1.82, 2.24) is 0 Å². The van der Waals surface area contributed by atoms with Gasteiger partial charge in [-0.25, -0.2) is 0 Å². The summed E-state index contributed by atoms with van der Waals surface area (Å²) in [4.78, 5) is 0. The van der Waals surface area contributed by atoms with Crippen molar-refractivity contribution < 1.29 is 0 Å². The molecule has 10 atom stereocenters. The van der Waals surface area contributed by atoms with Crippen molar-refractivity contribution in [3.8, 4) is 0 Å². The highest BCUT2D eigenvalue weighted by molar-refractivity contribution is 5.42. The van der Waals surface area contributed by atoms with Gasteiger partial charge in [-0.1, -0.05) is 40.2 Å². The van der Waals surface area contributed by atoms with Gasteiger partial charge in [0, 0.05) is 29.7 Å². The Morgan fingerprint density at radius 1 is 0.917 bits per heavy atom. The van der Waals surface area contributed by atoms with Gasteiger partial charge in [-0.3, -0.25) is 0 Å². The fourth-order valence-electron chi connectivity index (χ4n) is 9.82. The van der Waals surface area contributed by atoms with Crippen LogP contribution in [0.2, 0.25) is 0 Å². The molecular formula is C29H57N7. The van der Waals surface area contributed by atoms with Crippen LogP contribution in [0, 0.1) is 39.9 Å². The molecule has 14 N–H and O–H groups in total. The molecule has 0 aliphatic heterocycles. The molecule has 36 heavy (non-hydrogen) atoms. The molecule has 0 heterocycles.